The lowest BCUT2D eigenvalue weighted by Gasteiger charge is -2.28. The second-order valence-electron chi connectivity index (χ2n) is 7.14. The van der Waals surface area contributed by atoms with Gasteiger partial charge in [0.1, 0.15) is 5.82 Å². The molecule has 1 saturated heterocycles. The van der Waals surface area contributed by atoms with E-state index in [0.29, 0.717) is 16.6 Å². The monoisotopic (exact) mass is 379 g/mol. The van der Waals surface area contributed by atoms with Gasteiger partial charge < -0.3 is 10.2 Å². The highest BCUT2D eigenvalue weighted by molar-refractivity contribution is 6.14. The highest BCUT2D eigenvalue weighted by Crippen LogP contribution is 2.25. The Hall–Kier alpha value is -3.15. The van der Waals surface area contributed by atoms with Crippen LogP contribution in [-0.2, 0) is 0 Å². The molecular weight excluding hydrogens is 357 g/mol. The van der Waals surface area contributed by atoms with Crippen LogP contribution in [0.5, 0.6) is 0 Å². The Morgan fingerprint density at radius 2 is 1.71 bits per heavy atom. The van der Waals surface area contributed by atoms with E-state index >= 15 is 0 Å². The number of benzene rings is 2. The molecule has 144 valence electrons. The molecule has 0 unspecified atom stereocenters. The molecule has 1 fully saturated rings. The number of carbonyl (C=O) groups excluding carboxylic acids is 2. The van der Waals surface area contributed by atoms with E-state index in [1.165, 1.54) is 55.1 Å². The number of piperidine rings is 1. The molecule has 1 aliphatic heterocycles. The molecule has 28 heavy (non-hydrogen) atoms. The number of aromatic nitrogens is 1. The quantitative estimate of drug-likeness (QED) is 0.719. The van der Waals surface area contributed by atoms with Gasteiger partial charge in [0.2, 0.25) is 5.91 Å². The van der Waals surface area contributed by atoms with Gasteiger partial charge in [-0.3, -0.25) is 14.2 Å². The summed E-state index contributed by atoms with van der Waals surface area (Å²) < 4.78 is 15.1. The van der Waals surface area contributed by atoms with E-state index in [9.17, 15) is 14.0 Å². The first-order valence-corrected chi connectivity index (χ1v) is 9.51. The van der Waals surface area contributed by atoms with Crippen LogP contribution in [0.15, 0.2) is 48.7 Å². The number of hydrogen-bond acceptors (Lipinski definition) is 3. The van der Waals surface area contributed by atoms with E-state index in [1.54, 1.807) is 0 Å². The largest absolute Gasteiger partial charge is 0.372 e. The highest BCUT2D eigenvalue weighted by Gasteiger charge is 2.18. The van der Waals surface area contributed by atoms with Crippen molar-refractivity contribution in [3.05, 3.63) is 60.0 Å². The molecular formula is C22H22FN3O2. The molecule has 3 aromatic rings. The predicted molar refractivity (Wildman–Crippen MR) is 109 cm³/mol. The van der Waals surface area contributed by atoms with E-state index in [-0.39, 0.29) is 17.4 Å². The number of halogens is 1. The van der Waals surface area contributed by atoms with E-state index in [2.05, 4.69) is 10.2 Å². The number of rotatable bonds is 3. The third-order valence-corrected chi connectivity index (χ3v) is 5.20. The van der Waals surface area contributed by atoms with Gasteiger partial charge in [0.15, 0.2) is 0 Å². The minimum absolute atomic E-state index is 0.235. The lowest BCUT2D eigenvalue weighted by Crippen LogP contribution is -2.29. The summed E-state index contributed by atoms with van der Waals surface area (Å²) in [6.45, 7) is 3.52. The van der Waals surface area contributed by atoms with Crippen LogP contribution in [0.25, 0.3) is 10.9 Å². The van der Waals surface area contributed by atoms with Crippen molar-refractivity contribution in [2.24, 2.45) is 0 Å². The lowest BCUT2D eigenvalue weighted by molar-refractivity contribution is 0.0941. The van der Waals surface area contributed by atoms with Gasteiger partial charge in [-0.25, -0.2) is 4.39 Å². The zero-order chi connectivity index (χ0) is 19.7. The van der Waals surface area contributed by atoms with Gasteiger partial charge in [0, 0.05) is 43.0 Å². The van der Waals surface area contributed by atoms with E-state index in [4.69, 9.17) is 0 Å². The van der Waals surface area contributed by atoms with Gasteiger partial charge >= 0.3 is 0 Å². The topological polar surface area (TPSA) is 54.3 Å². The third-order valence-electron chi connectivity index (χ3n) is 5.20. The summed E-state index contributed by atoms with van der Waals surface area (Å²) in [7, 11) is 0. The lowest BCUT2D eigenvalue weighted by atomic mass is 10.1. The molecule has 5 nitrogen and oxygen atoms in total. The fourth-order valence-electron chi connectivity index (χ4n) is 3.75. The first kappa shape index (κ1) is 18.2. The van der Waals surface area contributed by atoms with Crippen LogP contribution < -0.4 is 10.2 Å². The van der Waals surface area contributed by atoms with Gasteiger partial charge in [-0.15, -0.1) is 0 Å². The number of nitrogens with zero attached hydrogens (tertiary/aromatic N) is 2. The number of carbonyl (C=O) groups is 2. The van der Waals surface area contributed by atoms with Crippen molar-refractivity contribution in [3.63, 3.8) is 0 Å². The third kappa shape index (κ3) is 3.50. The zero-order valence-electron chi connectivity index (χ0n) is 15.7. The Bertz CT molecular complexity index is 1030. The number of anilines is 2. The Balaban J connectivity index is 1.58. The molecule has 6 heteroatoms. The van der Waals surface area contributed by atoms with Gasteiger partial charge in [0.25, 0.3) is 5.91 Å². The van der Waals surface area contributed by atoms with Gasteiger partial charge in [-0.1, -0.05) is 0 Å². The predicted octanol–water partition coefficient (Wildman–Crippen LogP) is 4.68. The maximum Gasteiger partial charge on any atom is 0.257 e. The molecule has 1 aliphatic rings. The summed E-state index contributed by atoms with van der Waals surface area (Å²) in [6, 6.07) is 11.8. The molecule has 0 atom stereocenters. The average Bonchev–Trinajstić information content (AvgIpc) is 3.08. The number of fused-ring (bicyclic) bond motifs is 1. The molecule has 0 aliphatic carbocycles. The fourth-order valence-corrected chi connectivity index (χ4v) is 3.75. The molecule has 0 bridgehead atoms. The van der Waals surface area contributed by atoms with Crippen LogP contribution in [0.1, 0.15) is 41.3 Å². The summed E-state index contributed by atoms with van der Waals surface area (Å²) in [4.78, 5) is 27.0. The molecule has 1 amide bonds. The van der Waals surface area contributed by atoms with Crippen LogP contribution in [-0.4, -0.2) is 29.5 Å². The van der Waals surface area contributed by atoms with Crippen LogP contribution >= 0.6 is 0 Å². The standard InChI is InChI=1S/C22H22FN3O2/c1-15(27)26-14-20(19-13-16(23)5-10-21(19)26)22(28)24-17-6-8-18(9-7-17)25-11-3-2-4-12-25/h5-10,13-14H,2-4,11-12H2,1H3,(H,24,28). The minimum Gasteiger partial charge on any atom is -0.372 e. The molecule has 0 radical (unpaired) electrons. The van der Waals surface area contributed by atoms with Crippen LogP contribution in [0.3, 0.4) is 0 Å². The second kappa shape index (κ2) is 7.46. The normalized spacial score (nSPS) is 14.3. The molecule has 4 rings (SSSR count). The molecule has 2 aromatic carbocycles. The summed E-state index contributed by atoms with van der Waals surface area (Å²) in [6.07, 6.45) is 5.15. The number of hydrogen-bond donors (Lipinski definition) is 1. The van der Waals surface area contributed by atoms with Crippen molar-refractivity contribution in [1.82, 2.24) is 4.57 Å². The van der Waals surface area contributed by atoms with E-state index < -0.39 is 5.82 Å². The maximum atomic E-state index is 13.7. The Morgan fingerprint density at radius 3 is 2.39 bits per heavy atom. The minimum atomic E-state index is -0.450. The fraction of sp³-hybridized carbons (Fsp3) is 0.273. The van der Waals surface area contributed by atoms with Crippen LogP contribution in [0, 0.1) is 5.82 Å². The number of amides is 1. The first-order chi connectivity index (χ1) is 13.5. The second-order valence-corrected chi connectivity index (χ2v) is 7.14. The van der Waals surface area contributed by atoms with Gasteiger partial charge in [-0.2, -0.15) is 0 Å². The number of nitrogens with one attached hydrogen (secondary N) is 1. The first-order valence-electron chi connectivity index (χ1n) is 9.51. The van der Waals surface area contributed by atoms with E-state index in [1.807, 2.05) is 24.3 Å². The molecule has 1 aromatic heterocycles. The van der Waals surface area contributed by atoms with Crippen molar-refractivity contribution in [2.45, 2.75) is 26.2 Å². The smallest absolute Gasteiger partial charge is 0.257 e. The van der Waals surface area contributed by atoms with Crippen molar-refractivity contribution in [2.75, 3.05) is 23.3 Å². The van der Waals surface area contributed by atoms with Crippen molar-refractivity contribution in [3.8, 4) is 0 Å². The molecule has 0 spiro atoms. The zero-order valence-corrected chi connectivity index (χ0v) is 15.7. The average molecular weight is 379 g/mol. The summed E-state index contributed by atoms with van der Waals surface area (Å²) in [5.41, 5.74) is 2.59. The van der Waals surface area contributed by atoms with Crippen molar-refractivity contribution >= 4 is 34.1 Å². The van der Waals surface area contributed by atoms with Gasteiger partial charge in [0.05, 0.1) is 11.1 Å². The Labute approximate surface area is 162 Å². The maximum absolute atomic E-state index is 13.7. The van der Waals surface area contributed by atoms with Gasteiger partial charge in [-0.05, 0) is 61.7 Å². The molecule has 2 heterocycles. The van der Waals surface area contributed by atoms with Crippen molar-refractivity contribution < 1.29 is 14.0 Å². The summed E-state index contributed by atoms with van der Waals surface area (Å²) in [5.74, 6) is -1.06. The molecule has 0 saturated carbocycles. The summed E-state index contributed by atoms with van der Waals surface area (Å²) >= 11 is 0. The van der Waals surface area contributed by atoms with Crippen LogP contribution in [0.4, 0.5) is 15.8 Å². The summed E-state index contributed by atoms with van der Waals surface area (Å²) in [5, 5.41) is 3.26. The van der Waals surface area contributed by atoms with E-state index in [0.717, 1.165) is 18.8 Å². The highest BCUT2D eigenvalue weighted by atomic mass is 19.1. The SMILES string of the molecule is CC(=O)n1cc(C(=O)Nc2ccc(N3CCCCC3)cc2)c2cc(F)ccc21. The Kier molecular flexibility index (Phi) is 4.86. The van der Waals surface area contributed by atoms with Crippen LogP contribution in [0.2, 0.25) is 0 Å². The van der Waals surface area contributed by atoms with Crippen molar-refractivity contribution in [1.29, 1.82) is 0 Å². The molecule has 1 N–H and O–H groups in total. The Morgan fingerprint density at radius 1 is 1.00 bits per heavy atom.